The van der Waals surface area contributed by atoms with Crippen molar-refractivity contribution in [2.45, 2.75) is 26.3 Å². The molecule has 1 aliphatic heterocycles. The standard InChI is InChI=1S/C15H20FN3S/c1-11(9-18-6-2-3-7-18)10-19-14-5-4-12(16)8-13(14)17-15(19)20/h4-5,8,11H,2-3,6-7,9-10H2,1H3,(H,17,20). The van der Waals surface area contributed by atoms with Gasteiger partial charge in [0.1, 0.15) is 5.82 Å². The van der Waals surface area contributed by atoms with Crippen molar-refractivity contribution in [3.63, 3.8) is 0 Å². The normalized spacial score (nSPS) is 17.9. The molecule has 0 saturated carbocycles. The third kappa shape index (κ3) is 2.79. The number of rotatable bonds is 4. The Labute approximate surface area is 123 Å². The Balaban J connectivity index is 1.79. The lowest BCUT2D eigenvalue weighted by Crippen LogP contribution is -2.27. The molecule has 0 aliphatic carbocycles. The number of nitrogens with zero attached hydrogens (tertiary/aromatic N) is 2. The topological polar surface area (TPSA) is 24.0 Å². The fraction of sp³-hybridized carbons (Fsp3) is 0.533. The number of hydrogen-bond acceptors (Lipinski definition) is 2. The summed E-state index contributed by atoms with van der Waals surface area (Å²) >= 11 is 5.37. The van der Waals surface area contributed by atoms with E-state index >= 15 is 0 Å². The molecule has 1 N–H and O–H groups in total. The van der Waals surface area contributed by atoms with Crippen molar-refractivity contribution >= 4 is 23.3 Å². The third-order valence-corrected chi connectivity index (χ3v) is 4.32. The summed E-state index contributed by atoms with van der Waals surface area (Å²) in [5.41, 5.74) is 1.77. The van der Waals surface area contributed by atoms with E-state index in [-0.39, 0.29) is 5.82 Å². The van der Waals surface area contributed by atoms with E-state index in [9.17, 15) is 4.39 Å². The molecule has 0 radical (unpaired) electrons. The molecule has 1 atom stereocenters. The number of H-pyrrole nitrogens is 1. The lowest BCUT2D eigenvalue weighted by Gasteiger charge is -2.20. The summed E-state index contributed by atoms with van der Waals surface area (Å²) in [5, 5.41) is 0. The maximum absolute atomic E-state index is 13.2. The molecule has 2 heterocycles. The van der Waals surface area contributed by atoms with Crippen LogP contribution < -0.4 is 0 Å². The highest BCUT2D eigenvalue weighted by atomic mass is 32.1. The quantitative estimate of drug-likeness (QED) is 0.871. The molecular formula is C15H20FN3S. The minimum Gasteiger partial charge on any atom is -0.330 e. The van der Waals surface area contributed by atoms with Crippen molar-refractivity contribution in [3.05, 3.63) is 28.8 Å². The Morgan fingerprint density at radius 2 is 2.05 bits per heavy atom. The van der Waals surface area contributed by atoms with E-state index in [0.717, 1.165) is 24.1 Å². The van der Waals surface area contributed by atoms with Crippen LogP contribution in [0.3, 0.4) is 0 Å². The zero-order chi connectivity index (χ0) is 14.1. The number of imidazole rings is 1. The fourth-order valence-corrected chi connectivity index (χ4v) is 3.38. The van der Waals surface area contributed by atoms with Gasteiger partial charge < -0.3 is 14.5 Å². The van der Waals surface area contributed by atoms with Crippen molar-refractivity contribution in [2.75, 3.05) is 19.6 Å². The molecule has 0 bridgehead atoms. The van der Waals surface area contributed by atoms with E-state index < -0.39 is 0 Å². The van der Waals surface area contributed by atoms with Gasteiger partial charge in [0.05, 0.1) is 11.0 Å². The molecule has 3 rings (SSSR count). The number of hydrogen-bond donors (Lipinski definition) is 1. The minimum atomic E-state index is -0.231. The first-order chi connectivity index (χ1) is 9.63. The molecule has 1 aliphatic rings. The highest BCUT2D eigenvalue weighted by Crippen LogP contribution is 2.18. The highest BCUT2D eigenvalue weighted by Gasteiger charge is 2.16. The van der Waals surface area contributed by atoms with E-state index in [1.807, 2.05) is 0 Å². The summed E-state index contributed by atoms with van der Waals surface area (Å²) in [6, 6.07) is 4.80. The second-order valence-corrected chi connectivity index (χ2v) is 6.20. The average molecular weight is 293 g/mol. The Hall–Kier alpha value is -1.20. The number of aromatic amines is 1. The van der Waals surface area contributed by atoms with Crippen LogP contribution in [0.15, 0.2) is 18.2 Å². The van der Waals surface area contributed by atoms with Crippen molar-refractivity contribution in [1.29, 1.82) is 0 Å². The van der Waals surface area contributed by atoms with Gasteiger partial charge >= 0.3 is 0 Å². The highest BCUT2D eigenvalue weighted by molar-refractivity contribution is 7.71. The first-order valence-electron chi connectivity index (χ1n) is 7.24. The van der Waals surface area contributed by atoms with Crippen LogP contribution >= 0.6 is 12.2 Å². The van der Waals surface area contributed by atoms with Crippen molar-refractivity contribution in [3.8, 4) is 0 Å². The molecule has 1 aromatic carbocycles. The number of likely N-dealkylation sites (tertiary alicyclic amines) is 1. The lowest BCUT2D eigenvalue weighted by molar-refractivity contribution is 0.272. The van der Waals surface area contributed by atoms with Crippen molar-refractivity contribution < 1.29 is 4.39 Å². The van der Waals surface area contributed by atoms with Gasteiger partial charge in [-0.15, -0.1) is 0 Å². The maximum atomic E-state index is 13.2. The molecule has 5 heteroatoms. The lowest BCUT2D eigenvalue weighted by atomic mass is 10.1. The van der Waals surface area contributed by atoms with Crippen molar-refractivity contribution in [2.24, 2.45) is 5.92 Å². The van der Waals surface area contributed by atoms with Crippen LogP contribution in [0.25, 0.3) is 11.0 Å². The van der Waals surface area contributed by atoms with Crippen molar-refractivity contribution in [1.82, 2.24) is 14.5 Å². The first kappa shape index (κ1) is 13.8. The second-order valence-electron chi connectivity index (χ2n) is 5.82. The van der Waals surface area contributed by atoms with Gasteiger partial charge in [0, 0.05) is 13.1 Å². The van der Waals surface area contributed by atoms with Gasteiger partial charge in [0.2, 0.25) is 0 Å². The van der Waals surface area contributed by atoms with E-state index in [1.54, 1.807) is 6.07 Å². The average Bonchev–Trinajstić information content (AvgIpc) is 2.98. The summed E-state index contributed by atoms with van der Waals surface area (Å²) in [4.78, 5) is 5.61. The number of halogens is 1. The van der Waals surface area contributed by atoms with Gasteiger partial charge in [-0.1, -0.05) is 6.92 Å². The van der Waals surface area contributed by atoms with Gasteiger partial charge in [-0.05, 0) is 62.3 Å². The summed E-state index contributed by atoms with van der Waals surface area (Å²) in [6.45, 7) is 6.67. The van der Waals surface area contributed by atoms with Crippen LogP contribution in [0.4, 0.5) is 4.39 Å². The van der Waals surface area contributed by atoms with Crippen LogP contribution in [0, 0.1) is 16.5 Å². The van der Waals surface area contributed by atoms with Gasteiger partial charge in [-0.25, -0.2) is 4.39 Å². The van der Waals surface area contributed by atoms with E-state index in [4.69, 9.17) is 12.2 Å². The zero-order valence-corrected chi connectivity index (χ0v) is 12.5. The van der Waals surface area contributed by atoms with Gasteiger partial charge in [-0.3, -0.25) is 0 Å². The Kier molecular flexibility index (Phi) is 3.89. The molecule has 0 amide bonds. The monoisotopic (exact) mass is 293 g/mol. The first-order valence-corrected chi connectivity index (χ1v) is 7.65. The van der Waals surface area contributed by atoms with Gasteiger partial charge in [0.15, 0.2) is 4.77 Å². The molecule has 20 heavy (non-hydrogen) atoms. The zero-order valence-electron chi connectivity index (χ0n) is 11.7. The molecule has 2 aromatic rings. The Bertz CT molecular complexity index is 655. The molecule has 3 nitrogen and oxygen atoms in total. The predicted octanol–water partition coefficient (Wildman–Crippen LogP) is 3.57. The Morgan fingerprint density at radius 1 is 1.30 bits per heavy atom. The maximum Gasteiger partial charge on any atom is 0.178 e. The van der Waals surface area contributed by atoms with Crippen LogP contribution in [0.5, 0.6) is 0 Å². The van der Waals surface area contributed by atoms with Crippen LogP contribution in [0.2, 0.25) is 0 Å². The van der Waals surface area contributed by atoms with Crippen LogP contribution in [-0.2, 0) is 6.54 Å². The van der Waals surface area contributed by atoms with Crippen LogP contribution in [-0.4, -0.2) is 34.1 Å². The summed E-state index contributed by atoms with van der Waals surface area (Å²) in [5.74, 6) is 0.301. The summed E-state index contributed by atoms with van der Waals surface area (Å²) in [7, 11) is 0. The number of nitrogens with one attached hydrogen (secondary N) is 1. The third-order valence-electron chi connectivity index (χ3n) is 4.00. The van der Waals surface area contributed by atoms with E-state index in [2.05, 4.69) is 21.4 Å². The molecule has 108 valence electrons. The van der Waals surface area contributed by atoms with Crippen LogP contribution in [0.1, 0.15) is 19.8 Å². The smallest absolute Gasteiger partial charge is 0.178 e. The largest absolute Gasteiger partial charge is 0.330 e. The Morgan fingerprint density at radius 3 is 2.80 bits per heavy atom. The summed E-state index contributed by atoms with van der Waals surface area (Å²) in [6.07, 6.45) is 2.64. The number of aromatic nitrogens is 2. The molecule has 1 saturated heterocycles. The van der Waals surface area contributed by atoms with E-state index in [0.29, 0.717) is 10.7 Å². The fourth-order valence-electron chi connectivity index (χ4n) is 3.09. The molecule has 1 aromatic heterocycles. The van der Waals surface area contributed by atoms with Gasteiger partial charge in [0.25, 0.3) is 0 Å². The predicted molar refractivity (Wildman–Crippen MR) is 81.9 cm³/mol. The van der Waals surface area contributed by atoms with E-state index in [1.165, 1.54) is 38.1 Å². The second kappa shape index (κ2) is 5.66. The number of benzene rings is 1. The molecule has 0 spiro atoms. The number of fused-ring (bicyclic) bond motifs is 1. The molecule has 1 unspecified atom stereocenters. The minimum absolute atomic E-state index is 0.231. The summed E-state index contributed by atoms with van der Waals surface area (Å²) < 4.78 is 16.0. The SMILES string of the molecule is CC(CN1CCCC1)Cn1c(=S)[nH]c2cc(F)ccc21. The molecule has 1 fully saturated rings. The molecular weight excluding hydrogens is 273 g/mol. The van der Waals surface area contributed by atoms with Gasteiger partial charge in [-0.2, -0.15) is 0 Å².